The molecule has 1 aliphatic heterocycles. The molecule has 1 saturated heterocycles. The van der Waals surface area contributed by atoms with Gasteiger partial charge in [-0.3, -0.25) is 9.80 Å². The fourth-order valence-corrected chi connectivity index (χ4v) is 2.27. The van der Waals surface area contributed by atoms with E-state index < -0.39 is 0 Å². The minimum atomic E-state index is 0.166. The molecule has 0 spiro atoms. The molecule has 0 amide bonds. The van der Waals surface area contributed by atoms with Gasteiger partial charge in [0, 0.05) is 38.3 Å². The van der Waals surface area contributed by atoms with Crippen LogP contribution in [0.5, 0.6) is 0 Å². The van der Waals surface area contributed by atoms with E-state index in [-0.39, 0.29) is 18.2 Å². The SMILES string of the molecule is COCCN1CC(CO)N(C)CC1(C)C. The van der Waals surface area contributed by atoms with Crippen molar-refractivity contribution in [2.24, 2.45) is 0 Å². The average Bonchev–Trinajstić information content (AvgIpc) is 2.15. The van der Waals surface area contributed by atoms with Crippen LogP contribution in [0.1, 0.15) is 13.8 Å². The molecule has 1 N–H and O–H groups in total. The van der Waals surface area contributed by atoms with Gasteiger partial charge < -0.3 is 9.84 Å². The van der Waals surface area contributed by atoms with E-state index in [1.54, 1.807) is 7.11 Å². The van der Waals surface area contributed by atoms with E-state index in [1.807, 2.05) is 0 Å². The Morgan fingerprint density at radius 3 is 2.67 bits per heavy atom. The van der Waals surface area contributed by atoms with Gasteiger partial charge in [-0.05, 0) is 20.9 Å². The molecule has 90 valence electrons. The highest BCUT2D eigenvalue weighted by atomic mass is 16.5. The van der Waals surface area contributed by atoms with Crippen LogP contribution in [-0.2, 0) is 4.74 Å². The molecule has 0 aliphatic carbocycles. The molecule has 4 nitrogen and oxygen atoms in total. The number of piperazine rings is 1. The summed E-state index contributed by atoms with van der Waals surface area (Å²) >= 11 is 0. The molecule has 0 aromatic carbocycles. The Labute approximate surface area is 92.8 Å². The van der Waals surface area contributed by atoms with Gasteiger partial charge in [-0.2, -0.15) is 0 Å². The highest BCUT2D eigenvalue weighted by Gasteiger charge is 2.36. The normalized spacial score (nSPS) is 28.2. The summed E-state index contributed by atoms with van der Waals surface area (Å²) in [5, 5.41) is 9.28. The summed E-state index contributed by atoms with van der Waals surface area (Å²) in [7, 11) is 3.81. The zero-order valence-electron chi connectivity index (χ0n) is 10.4. The lowest BCUT2D eigenvalue weighted by atomic mass is 9.96. The van der Waals surface area contributed by atoms with Crippen molar-refractivity contribution in [3.05, 3.63) is 0 Å². The van der Waals surface area contributed by atoms with Crippen molar-refractivity contribution in [1.82, 2.24) is 9.80 Å². The maximum absolute atomic E-state index is 9.28. The maximum Gasteiger partial charge on any atom is 0.0599 e. The third-order valence-electron chi connectivity index (χ3n) is 3.32. The van der Waals surface area contributed by atoms with E-state index >= 15 is 0 Å². The van der Waals surface area contributed by atoms with E-state index in [2.05, 4.69) is 30.7 Å². The van der Waals surface area contributed by atoms with Crippen LogP contribution >= 0.6 is 0 Å². The van der Waals surface area contributed by atoms with Crippen LogP contribution in [0.15, 0.2) is 0 Å². The number of nitrogens with zero attached hydrogens (tertiary/aromatic N) is 2. The molecular weight excluding hydrogens is 192 g/mol. The number of hydrogen-bond donors (Lipinski definition) is 1. The van der Waals surface area contributed by atoms with Crippen LogP contribution < -0.4 is 0 Å². The summed E-state index contributed by atoms with van der Waals surface area (Å²) in [6.07, 6.45) is 0. The second-order valence-corrected chi connectivity index (χ2v) is 5.00. The number of aliphatic hydroxyl groups excluding tert-OH is 1. The van der Waals surface area contributed by atoms with Gasteiger partial charge in [-0.15, -0.1) is 0 Å². The van der Waals surface area contributed by atoms with Gasteiger partial charge >= 0.3 is 0 Å². The molecule has 1 atom stereocenters. The minimum Gasteiger partial charge on any atom is -0.395 e. The molecule has 1 rings (SSSR count). The molecule has 0 aromatic rings. The Hall–Kier alpha value is -0.160. The fraction of sp³-hybridized carbons (Fsp3) is 1.00. The van der Waals surface area contributed by atoms with Crippen LogP contribution in [0, 0.1) is 0 Å². The van der Waals surface area contributed by atoms with E-state index in [0.29, 0.717) is 0 Å². The Kier molecular flexibility index (Phi) is 4.52. The van der Waals surface area contributed by atoms with Crippen molar-refractivity contribution < 1.29 is 9.84 Å². The first-order valence-corrected chi connectivity index (χ1v) is 5.56. The van der Waals surface area contributed by atoms with Crippen molar-refractivity contribution in [1.29, 1.82) is 0 Å². The Bertz CT molecular complexity index is 197. The lowest BCUT2D eigenvalue weighted by Gasteiger charge is -2.49. The van der Waals surface area contributed by atoms with Crippen LogP contribution in [0.2, 0.25) is 0 Å². The van der Waals surface area contributed by atoms with E-state index in [0.717, 1.165) is 26.2 Å². The van der Waals surface area contributed by atoms with Crippen LogP contribution in [0.4, 0.5) is 0 Å². The standard InChI is InChI=1S/C11H24N2O2/c1-11(2)9-12(3)10(8-14)7-13(11)5-6-15-4/h10,14H,5-9H2,1-4H3. The quantitative estimate of drug-likeness (QED) is 0.719. The van der Waals surface area contributed by atoms with Crippen molar-refractivity contribution >= 4 is 0 Å². The van der Waals surface area contributed by atoms with E-state index in [4.69, 9.17) is 4.74 Å². The topological polar surface area (TPSA) is 35.9 Å². The number of ether oxygens (including phenoxy) is 1. The lowest BCUT2D eigenvalue weighted by molar-refractivity contribution is -0.0316. The molecule has 1 heterocycles. The first-order chi connectivity index (χ1) is 7.01. The predicted molar refractivity (Wildman–Crippen MR) is 61.0 cm³/mol. The molecule has 0 aromatic heterocycles. The highest BCUT2D eigenvalue weighted by Crippen LogP contribution is 2.22. The van der Waals surface area contributed by atoms with Gasteiger partial charge in [0.15, 0.2) is 0 Å². The first kappa shape index (κ1) is 12.9. The molecule has 4 heteroatoms. The second kappa shape index (κ2) is 5.25. The minimum absolute atomic E-state index is 0.166. The van der Waals surface area contributed by atoms with Crippen molar-refractivity contribution in [3.8, 4) is 0 Å². The monoisotopic (exact) mass is 216 g/mol. The predicted octanol–water partition coefficient (Wildman–Crippen LogP) is 0.0197. The van der Waals surface area contributed by atoms with Gasteiger partial charge in [0.1, 0.15) is 0 Å². The summed E-state index contributed by atoms with van der Waals surface area (Å²) < 4.78 is 5.12. The Morgan fingerprint density at radius 2 is 2.13 bits per heavy atom. The number of methoxy groups -OCH3 is 1. The number of hydrogen-bond acceptors (Lipinski definition) is 4. The summed E-state index contributed by atoms with van der Waals surface area (Å²) in [6, 6.07) is 0.259. The lowest BCUT2D eigenvalue weighted by Crippen LogP contribution is -2.63. The van der Waals surface area contributed by atoms with Crippen LogP contribution in [-0.4, -0.2) is 73.5 Å². The fourth-order valence-electron chi connectivity index (χ4n) is 2.27. The molecule has 0 radical (unpaired) electrons. The smallest absolute Gasteiger partial charge is 0.0599 e. The Morgan fingerprint density at radius 1 is 1.47 bits per heavy atom. The number of aliphatic hydroxyl groups is 1. The second-order valence-electron chi connectivity index (χ2n) is 5.00. The number of likely N-dealkylation sites (N-methyl/N-ethyl adjacent to an activating group) is 1. The molecule has 0 bridgehead atoms. The summed E-state index contributed by atoms with van der Waals surface area (Å²) in [6.45, 7) is 8.32. The molecule has 1 fully saturated rings. The van der Waals surface area contributed by atoms with Crippen LogP contribution in [0.25, 0.3) is 0 Å². The average molecular weight is 216 g/mol. The van der Waals surface area contributed by atoms with Gasteiger partial charge in [0.25, 0.3) is 0 Å². The Balaban J connectivity index is 2.59. The zero-order valence-corrected chi connectivity index (χ0v) is 10.4. The first-order valence-electron chi connectivity index (χ1n) is 5.56. The molecule has 1 unspecified atom stereocenters. The van der Waals surface area contributed by atoms with E-state index in [1.165, 1.54) is 0 Å². The zero-order chi connectivity index (χ0) is 11.5. The van der Waals surface area contributed by atoms with Crippen molar-refractivity contribution in [2.75, 3.05) is 47.0 Å². The largest absolute Gasteiger partial charge is 0.395 e. The van der Waals surface area contributed by atoms with Crippen LogP contribution in [0.3, 0.4) is 0 Å². The maximum atomic E-state index is 9.28. The number of rotatable bonds is 4. The van der Waals surface area contributed by atoms with Gasteiger partial charge in [0.2, 0.25) is 0 Å². The summed E-state index contributed by atoms with van der Waals surface area (Å²) in [5.74, 6) is 0. The van der Waals surface area contributed by atoms with Gasteiger partial charge in [0.05, 0.1) is 13.2 Å². The molecular formula is C11H24N2O2. The highest BCUT2D eigenvalue weighted by molar-refractivity contribution is 4.93. The third-order valence-corrected chi connectivity index (χ3v) is 3.32. The summed E-state index contributed by atoms with van der Waals surface area (Å²) in [4.78, 5) is 4.64. The van der Waals surface area contributed by atoms with Crippen molar-refractivity contribution in [2.45, 2.75) is 25.4 Å². The van der Waals surface area contributed by atoms with Gasteiger partial charge in [-0.1, -0.05) is 0 Å². The summed E-state index contributed by atoms with van der Waals surface area (Å²) in [5.41, 5.74) is 0.166. The third kappa shape index (κ3) is 3.14. The van der Waals surface area contributed by atoms with Gasteiger partial charge in [-0.25, -0.2) is 0 Å². The molecule has 15 heavy (non-hydrogen) atoms. The van der Waals surface area contributed by atoms with E-state index in [9.17, 15) is 5.11 Å². The molecule has 1 aliphatic rings. The molecule has 0 saturated carbocycles. The van der Waals surface area contributed by atoms with Crippen molar-refractivity contribution in [3.63, 3.8) is 0 Å².